The third kappa shape index (κ3) is 11.7. The number of hydrogen-bond acceptors (Lipinski definition) is 29. The van der Waals surface area contributed by atoms with Crippen molar-refractivity contribution in [1.82, 2.24) is 53.6 Å². The Morgan fingerprint density at radius 1 is 0.692 bits per heavy atom. The van der Waals surface area contributed by atoms with Crippen molar-refractivity contribution in [1.29, 1.82) is 0 Å². The summed E-state index contributed by atoms with van der Waals surface area (Å²) in [5, 5.41) is 33.1. The number of imidazole rings is 3. The number of methoxy groups -OCH3 is 1. The van der Waals surface area contributed by atoms with Crippen LogP contribution in [0.5, 0.6) is 0 Å². The number of hydrogen-bond donors (Lipinski definition) is 12. The standard InChI is InChI=1S/C35H49N15O24P4/c1-4-65-24-23(72-75(56,57)66-7-15-21(52)22(53)32(70-15)49-11-42-18-27(49)43-34(37)45-29(18)54)16(71-33(24)48-10-41-17-25(36)39-9-40-26(17)48)8-68-77(60,61)74-78(62,63)73-76(58,59)67-6-14-13(5-64-3)20(51)31(69-14)50-12-47(2)19-28(50)44-35(38)46-30(19)55/h9-16,20-24,31-33,51-53H,4-8H2,1-3H3,(H11-,36,37,38,39,40,43,44,45,46,54,55,56,57,58,59,60,61,62,63)/p+1/t13-,14-,15-,16-,20-,21-,22-,23-,24-,31-,32-,33-/m1/s1. The highest BCUT2D eigenvalue weighted by molar-refractivity contribution is 7.66. The lowest BCUT2D eigenvalue weighted by atomic mass is 9.99. The number of aromatic nitrogens is 12. The normalized spacial score (nSPS) is 29.8. The lowest BCUT2D eigenvalue weighted by Gasteiger charge is -2.27. The van der Waals surface area contributed by atoms with Crippen molar-refractivity contribution >= 4 is 82.5 Å². The van der Waals surface area contributed by atoms with Crippen molar-refractivity contribution < 1.29 is 108 Å². The number of rotatable bonds is 22. The van der Waals surface area contributed by atoms with E-state index in [0.29, 0.717) is 0 Å². The number of phosphoric acid groups is 4. The molecular formula is C35H50N15O24P4+. The zero-order valence-electron chi connectivity index (χ0n) is 40.3. The molecule has 78 heavy (non-hydrogen) atoms. The number of fused-ring (bicyclic) bond motifs is 3. The lowest BCUT2D eigenvalue weighted by molar-refractivity contribution is -0.745. The summed E-state index contributed by atoms with van der Waals surface area (Å²) in [5.74, 6) is -1.69. The van der Waals surface area contributed by atoms with E-state index in [1.807, 2.05) is 0 Å². The highest BCUT2D eigenvalue weighted by Crippen LogP contribution is 2.68. The van der Waals surface area contributed by atoms with Crippen molar-refractivity contribution in [2.75, 3.05) is 57.3 Å². The van der Waals surface area contributed by atoms with Gasteiger partial charge in [-0.3, -0.25) is 51.4 Å². The van der Waals surface area contributed by atoms with Crippen molar-refractivity contribution in [3.8, 4) is 0 Å². The van der Waals surface area contributed by atoms with Crippen molar-refractivity contribution in [3.63, 3.8) is 0 Å². The lowest BCUT2D eigenvalue weighted by Crippen LogP contribution is -2.45. The fourth-order valence-electron chi connectivity index (χ4n) is 8.89. The average Bonchev–Trinajstić information content (AvgIpc) is 4.21. The monoisotopic (exact) mass is 1190 g/mol. The number of nitrogens with two attached hydrogens (primary N) is 3. The number of phosphoric ester groups is 3. The largest absolute Gasteiger partial charge is 0.490 e. The SMILES string of the molecule is CCO[C@@H]1[C@H](OP(=O)(O)OC[C@H]2O[C@@H](n3cnc4c(=O)[nH]c(N)nc43)[C@H](O)[C@@H]2O)[C@@H](COP(=O)(O)OP(=O)(O)OP(=O)(O)OC[C@H]2O[C@@H]([n+]3cn(C)c4c(=O)[nH]c(N)nc43)[C@H](O)[C@@H]2COC)O[C@H]1n1cnc2c(N)ncnc21. The maximum absolute atomic E-state index is 13.8. The first-order valence-corrected chi connectivity index (χ1v) is 28.6. The molecule has 0 amide bonds. The Hall–Kier alpha value is -5.15. The van der Waals surface area contributed by atoms with Gasteiger partial charge in [0.15, 0.2) is 41.4 Å². The highest BCUT2D eigenvalue weighted by atomic mass is 31.3. The minimum absolute atomic E-state index is 0.0194. The summed E-state index contributed by atoms with van der Waals surface area (Å²) >= 11 is 0. The minimum Gasteiger partial charge on any atom is -0.387 e. The average molecular weight is 1190 g/mol. The number of aryl methyl sites for hydroxylation is 1. The molecule has 9 heterocycles. The molecule has 428 valence electrons. The second-order valence-electron chi connectivity index (χ2n) is 17.3. The van der Waals surface area contributed by atoms with E-state index < -0.39 is 136 Å². The molecule has 39 nitrogen and oxygen atoms in total. The Morgan fingerprint density at radius 2 is 1.29 bits per heavy atom. The first kappa shape index (κ1) is 57.5. The number of aliphatic hydroxyl groups excluding tert-OH is 3. The summed E-state index contributed by atoms with van der Waals surface area (Å²) in [6, 6.07) is 0. The molecule has 9 rings (SSSR count). The zero-order valence-corrected chi connectivity index (χ0v) is 43.9. The first-order chi connectivity index (χ1) is 36.7. The second-order valence-corrected chi connectivity index (χ2v) is 23.4. The van der Waals surface area contributed by atoms with Gasteiger partial charge < -0.3 is 75.8 Å². The molecule has 16 atom stereocenters. The molecule has 3 aliphatic heterocycles. The van der Waals surface area contributed by atoms with Crippen molar-refractivity contribution in [3.05, 3.63) is 46.0 Å². The van der Waals surface area contributed by atoms with Crippen LogP contribution in [0, 0.1) is 5.92 Å². The predicted molar refractivity (Wildman–Crippen MR) is 253 cm³/mol. The number of nitrogen functional groups attached to an aromatic ring is 3. The Bertz CT molecular complexity index is 3530. The van der Waals surface area contributed by atoms with Gasteiger partial charge in [0.2, 0.25) is 17.7 Å². The molecule has 4 unspecified atom stereocenters. The van der Waals surface area contributed by atoms with Gasteiger partial charge in [0.1, 0.15) is 54.6 Å². The topological polar surface area (TPSA) is 551 Å². The van der Waals surface area contributed by atoms with Crippen LogP contribution in [-0.2, 0) is 75.7 Å². The quantitative estimate of drug-likeness (QED) is 0.0233. The summed E-state index contributed by atoms with van der Waals surface area (Å²) in [4.78, 5) is 96.7. The third-order valence-corrected chi connectivity index (χ3v) is 17.4. The zero-order chi connectivity index (χ0) is 56.4. The van der Waals surface area contributed by atoms with Crippen LogP contribution in [0.1, 0.15) is 25.6 Å². The number of ether oxygens (including phenoxy) is 5. The van der Waals surface area contributed by atoms with E-state index in [2.05, 4.69) is 48.5 Å². The van der Waals surface area contributed by atoms with Gasteiger partial charge in [-0.25, -0.2) is 42.8 Å². The molecule has 3 saturated heterocycles. The van der Waals surface area contributed by atoms with Gasteiger partial charge in [-0.2, -0.15) is 13.6 Å². The Balaban J connectivity index is 0.879. The minimum atomic E-state index is -6.18. The van der Waals surface area contributed by atoms with Gasteiger partial charge in [0.05, 0.1) is 52.2 Å². The second kappa shape index (κ2) is 22.1. The fourth-order valence-corrected chi connectivity index (χ4v) is 13.4. The van der Waals surface area contributed by atoms with E-state index in [9.17, 15) is 62.7 Å². The molecule has 3 fully saturated rings. The summed E-state index contributed by atoms with van der Waals surface area (Å²) in [5.41, 5.74) is 15.8. The molecule has 6 aromatic heterocycles. The Kier molecular flexibility index (Phi) is 16.3. The van der Waals surface area contributed by atoms with E-state index in [0.717, 1.165) is 17.2 Å². The van der Waals surface area contributed by atoms with E-state index in [1.165, 1.54) is 47.4 Å². The maximum atomic E-state index is 13.8. The van der Waals surface area contributed by atoms with Crippen LogP contribution in [0.2, 0.25) is 0 Å². The Morgan fingerprint density at radius 3 is 1.97 bits per heavy atom. The van der Waals surface area contributed by atoms with E-state index >= 15 is 0 Å². The molecular weight excluding hydrogens is 1140 g/mol. The maximum Gasteiger partial charge on any atom is 0.490 e. The highest BCUT2D eigenvalue weighted by Gasteiger charge is 2.54. The predicted octanol–water partition coefficient (Wildman–Crippen LogP) is -3.42. The van der Waals surface area contributed by atoms with Gasteiger partial charge in [0, 0.05) is 19.6 Å². The van der Waals surface area contributed by atoms with Crippen LogP contribution in [-0.4, -0.2) is 177 Å². The van der Waals surface area contributed by atoms with Crippen molar-refractivity contribution in [2.45, 2.75) is 74.4 Å². The number of H-pyrrole nitrogens is 2. The van der Waals surface area contributed by atoms with Gasteiger partial charge in [0.25, 0.3) is 17.1 Å². The van der Waals surface area contributed by atoms with Crippen LogP contribution in [0.4, 0.5) is 17.7 Å². The first-order valence-electron chi connectivity index (χ1n) is 22.6. The summed E-state index contributed by atoms with van der Waals surface area (Å²) in [6.07, 6.45) is -12.8. The van der Waals surface area contributed by atoms with E-state index in [4.69, 9.17) is 59.0 Å². The van der Waals surface area contributed by atoms with Crippen LogP contribution in [0.25, 0.3) is 33.5 Å². The number of anilines is 3. The summed E-state index contributed by atoms with van der Waals surface area (Å²) in [7, 11) is -20.6. The Labute approximate surface area is 434 Å². The summed E-state index contributed by atoms with van der Waals surface area (Å²) < 4.78 is 116. The molecule has 0 aliphatic carbocycles. The molecule has 3 aliphatic rings. The van der Waals surface area contributed by atoms with E-state index in [1.54, 1.807) is 0 Å². The van der Waals surface area contributed by atoms with E-state index in [-0.39, 0.29) is 64.4 Å². The van der Waals surface area contributed by atoms with Gasteiger partial charge in [-0.1, -0.05) is 4.98 Å². The smallest absolute Gasteiger partial charge is 0.387 e. The number of nitrogens with one attached hydrogen (secondary N) is 2. The van der Waals surface area contributed by atoms with Crippen LogP contribution in [0.15, 0.2) is 34.9 Å². The summed E-state index contributed by atoms with van der Waals surface area (Å²) in [6.45, 7) is -2.09. The fraction of sp³-hybridized carbons (Fsp3) is 0.571. The molecule has 6 aromatic rings. The molecule has 0 bridgehead atoms. The number of aliphatic hydroxyl groups is 3. The van der Waals surface area contributed by atoms with Gasteiger partial charge in [-0.15, -0.1) is 0 Å². The number of aromatic amines is 2. The van der Waals surface area contributed by atoms with Crippen LogP contribution >= 0.6 is 31.3 Å². The molecule has 0 radical (unpaired) electrons. The molecule has 15 N–H and O–H groups in total. The van der Waals surface area contributed by atoms with Gasteiger partial charge >= 0.3 is 36.9 Å². The third-order valence-electron chi connectivity index (χ3n) is 12.2. The molecule has 0 saturated carbocycles. The van der Waals surface area contributed by atoms with Crippen molar-refractivity contribution in [2.24, 2.45) is 13.0 Å². The molecule has 0 aromatic carbocycles. The van der Waals surface area contributed by atoms with Crippen LogP contribution < -0.4 is 32.9 Å². The molecule has 43 heteroatoms. The van der Waals surface area contributed by atoms with Gasteiger partial charge in [-0.05, 0) is 6.92 Å². The van der Waals surface area contributed by atoms with Crippen LogP contribution in [0.3, 0.4) is 0 Å². The molecule has 0 spiro atoms. The number of nitrogens with zero attached hydrogens (tertiary/aromatic N) is 10.